The Morgan fingerprint density at radius 2 is 2.26 bits per heavy atom. The van der Waals surface area contributed by atoms with Crippen LogP contribution in [0.1, 0.15) is 31.2 Å². The van der Waals surface area contributed by atoms with Crippen LogP contribution in [0.25, 0.3) is 5.69 Å². The third kappa shape index (κ3) is 2.68. The highest BCUT2D eigenvalue weighted by molar-refractivity contribution is 5.37. The lowest BCUT2D eigenvalue weighted by Crippen LogP contribution is -2.15. The predicted octanol–water partition coefficient (Wildman–Crippen LogP) is 2.83. The van der Waals surface area contributed by atoms with Crippen LogP contribution < -0.4 is 5.32 Å². The minimum Gasteiger partial charge on any atom is -0.310 e. The van der Waals surface area contributed by atoms with Gasteiger partial charge in [-0.15, -0.1) is 0 Å². The van der Waals surface area contributed by atoms with Gasteiger partial charge in [0.2, 0.25) is 0 Å². The molecule has 0 unspecified atom stereocenters. The number of rotatable bonds is 5. The standard InChI is InChI=1S/C15H18FN3/c1-2-15-17-7-8-19(15)14-6-3-11(9-13(14)16)10-18-12-4-5-12/h3,6-9,12,18H,2,4-5,10H2,1H3. The molecule has 0 aliphatic heterocycles. The Hall–Kier alpha value is -1.68. The normalized spacial score (nSPS) is 14.8. The van der Waals surface area contributed by atoms with E-state index in [2.05, 4.69) is 10.3 Å². The molecule has 19 heavy (non-hydrogen) atoms. The van der Waals surface area contributed by atoms with Crippen LogP contribution in [-0.2, 0) is 13.0 Å². The zero-order chi connectivity index (χ0) is 13.2. The molecule has 0 amide bonds. The van der Waals surface area contributed by atoms with Gasteiger partial charge in [-0.25, -0.2) is 9.37 Å². The molecule has 1 aromatic carbocycles. The number of nitrogens with zero attached hydrogens (tertiary/aromatic N) is 2. The fourth-order valence-electron chi connectivity index (χ4n) is 2.22. The van der Waals surface area contributed by atoms with E-state index in [1.54, 1.807) is 18.5 Å². The van der Waals surface area contributed by atoms with E-state index in [0.717, 1.165) is 24.4 Å². The Balaban J connectivity index is 1.82. The van der Waals surface area contributed by atoms with Gasteiger partial charge in [0.05, 0.1) is 5.69 Å². The van der Waals surface area contributed by atoms with Gasteiger partial charge in [0.1, 0.15) is 11.6 Å². The molecule has 2 aromatic rings. The summed E-state index contributed by atoms with van der Waals surface area (Å²) in [5, 5.41) is 3.39. The minimum atomic E-state index is -0.192. The predicted molar refractivity (Wildman–Crippen MR) is 72.8 cm³/mol. The molecule has 1 fully saturated rings. The van der Waals surface area contributed by atoms with Gasteiger partial charge >= 0.3 is 0 Å². The monoisotopic (exact) mass is 259 g/mol. The summed E-state index contributed by atoms with van der Waals surface area (Å²) in [4.78, 5) is 4.23. The molecular formula is C15H18FN3. The number of benzene rings is 1. The molecule has 3 rings (SSSR count). The first-order chi connectivity index (χ1) is 9.28. The smallest absolute Gasteiger partial charge is 0.147 e. The SMILES string of the molecule is CCc1nccn1-c1ccc(CNC2CC2)cc1F. The van der Waals surface area contributed by atoms with Crippen molar-refractivity contribution in [3.63, 3.8) is 0 Å². The Kier molecular flexibility index (Phi) is 3.34. The van der Waals surface area contributed by atoms with E-state index in [9.17, 15) is 4.39 Å². The molecule has 1 aromatic heterocycles. The van der Waals surface area contributed by atoms with Crippen LogP contribution in [0.5, 0.6) is 0 Å². The molecule has 3 nitrogen and oxygen atoms in total. The first-order valence-electron chi connectivity index (χ1n) is 6.82. The van der Waals surface area contributed by atoms with E-state index in [-0.39, 0.29) is 5.82 Å². The van der Waals surface area contributed by atoms with Gasteiger partial charge in [-0.2, -0.15) is 0 Å². The van der Waals surface area contributed by atoms with E-state index in [1.807, 2.05) is 23.6 Å². The molecule has 1 N–H and O–H groups in total. The van der Waals surface area contributed by atoms with Crippen LogP contribution in [0.4, 0.5) is 4.39 Å². The Labute approximate surface area is 112 Å². The molecule has 1 aliphatic rings. The Morgan fingerprint density at radius 1 is 1.42 bits per heavy atom. The minimum absolute atomic E-state index is 0.192. The first-order valence-corrected chi connectivity index (χ1v) is 6.82. The maximum Gasteiger partial charge on any atom is 0.147 e. The van der Waals surface area contributed by atoms with Gasteiger partial charge in [0, 0.05) is 31.4 Å². The van der Waals surface area contributed by atoms with Gasteiger partial charge in [0.15, 0.2) is 0 Å². The highest BCUT2D eigenvalue weighted by atomic mass is 19.1. The largest absolute Gasteiger partial charge is 0.310 e. The van der Waals surface area contributed by atoms with Crippen molar-refractivity contribution >= 4 is 0 Å². The first kappa shape index (κ1) is 12.4. The number of aryl methyl sites for hydroxylation is 1. The van der Waals surface area contributed by atoms with Gasteiger partial charge < -0.3 is 9.88 Å². The Bertz CT molecular complexity index is 573. The van der Waals surface area contributed by atoms with Crippen molar-refractivity contribution in [2.75, 3.05) is 0 Å². The molecule has 1 heterocycles. The topological polar surface area (TPSA) is 29.9 Å². The molecule has 0 radical (unpaired) electrons. The maximum absolute atomic E-state index is 14.2. The van der Waals surface area contributed by atoms with Crippen molar-refractivity contribution in [2.45, 2.75) is 38.8 Å². The molecular weight excluding hydrogens is 241 g/mol. The molecule has 1 saturated carbocycles. The zero-order valence-electron chi connectivity index (χ0n) is 11.1. The maximum atomic E-state index is 14.2. The second-order valence-corrected chi connectivity index (χ2v) is 5.01. The molecule has 1 aliphatic carbocycles. The molecule has 0 atom stereocenters. The van der Waals surface area contributed by atoms with Crippen LogP contribution in [0, 0.1) is 5.82 Å². The summed E-state index contributed by atoms with van der Waals surface area (Å²) in [6.07, 6.45) is 6.79. The number of imidazole rings is 1. The fraction of sp³-hybridized carbons (Fsp3) is 0.400. The summed E-state index contributed by atoms with van der Waals surface area (Å²) < 4.78 is 16.0. The van der Waals surface area contributed by atoms with Crippen LogP contribution in [0.15, 0.2) is 30.6 Å². The van der Waals surface area contributed by atoms with Crippen LogP contribution in [0.2, 0.25) is 0 Å². The second-order valence-electron chi connectivity index (χ2n) is 5.01. The van der Waals surface area contributed by atoms with Crippen molar-refractivity contribution in [2.24, 2.45) is 0 Å². The highest BCUT2D eigenvalue weighted by Gasteiger charge is 2.20. The second kappa shape index (κ2) is 5.13. The summed E-state index contributed by atoms with van der Waals surface area (Å²) in [6, 6.07) is 6.07. The third-order valence-corrected chi connectivity index (χ3v) is 3.48. The van der Waals surface area contributed by atoms with E-state index in [4.69, 9.17) is 0 Å². The van der Waals surface area contributed by atoms with Crippen molar-refractivity contribution in [3.8, 4) is 5.69 Å². The van der Waals surface area contributed by atoms with Gasteiger partial charge in [0.25, 0.3) is 0 Å². The van der Waals surface area contributed by atoms with Gasteiger partial charge in [-0.3, -0.25) is 0 Å². The van der Waals surface area contributed by atoms with Crippen molar-refractivity contribution in [3.05, 3.63) is 47.8 Å². The van der Waals surface area contributed by atoms with Gasteiger partial charge in [-0.05, 0) is 30.5 Å². The quantitative estimate of drug-likeness (QED) is 0.894. The average molecular weight is 259 g/mol. The van der Waals surface area contributed by atoms with Crippen molar-refractivity contribution in [1.29, 1.82) is 0 Å². The van der Waals surface area contributed by atoms with E-state index >= 15 is 0 Å². The summed E-state index contributed by atoms with van der Waals surface area (Å²) in [5.74, 6) is 0.686. The molecule has 0 bridgehead atoms. The fourth-order valence-corrected chi connectivity index (χ4v) is 2.22. The summed E-state index contributed by atoms with van der Waals surface area (Å²) in [7, 11) is 0. The molecule has 0 spiro atoms. The highest BCUT2D eigenvalue weighted by Crippen LogP contribution is 2.21. The van der Waals surface area contributed by atoms with Crippen LogP contribution in [0.3, 0.4) is 0 Å². The van der Waals surface area contributed by atoms with Crippen molar-refractivity contribution in [1.82, 2.24) is 14.9 Å². The number of nitrogens with one attached hydrogen (secondary N) is 1. The number of hydrogen-bond donors (Lipinski definition) is 1. The lowest BCUT2D eigenvalue weighted by Gasteiger charge is -2.10. The molecule has 100 valence electrons. The van der Waals surface area contributed by atoms with E-state index < -0.39 is 0 Å². The van der Waals surface area contributed by atoms with Crippen molar-refractivity contribution < 1.29 is 4.39 Å². The van der Waals surface area contributed by atoms with E-state index in [0.29, 0.717) is 11.7 Å². The summed E-state index contributed by atoms with van der Waals surface area (Å²) in [5.41, 5.74) is 1.57. The van der Waals surface area contributed by atoms with E-state index in [1.165, 1.54) is 12.8 Å². The Morgan fingerprint density at radius 3 is 2.95 bits per heavy atom. The number of aromatic nitrogens is 2. The number of hydrogen-bond acceptors (Lipinski definition) is 2. The molecule has 4 heteroatoms. The summed E-state index contributed by atoms with van der Waals surface area (Å²) in [6.45, 7) is 2.76. The zero-order valence-corrected chi connectivity index (χ0v) is 11.1. The van der Waals surface area contributed by atoms with Crippen LogP contribution in [-0.4, -0.2) is 15.6 Å². The van der Waals surface area contributed by atoms with Crippen LogP contribution >= 0.6 is 0 Å². The third-order valence-electron chi connectivity index (χ3n) is 3.48. The molecule has 0 saturated heterocycles. The lowest BCUT2D eigenvalue weighted by molar-refractivity contribution is 0.608. The van der Waals surface area contributed by atoms with Gasteiger partial charge in [-0.1, -0.05) is 13.0 Å². The summed E-state index contributed by atoms with van der Waals surface area (Å²) >= 11 is 0. The average Bonchev–Trinajstić information content (AvgIpc) is 3.13. The lowest BCUT2D eigenvalue weighted by atomic mass is 10.2. The number of halogens is 1.